The van der Waals surface area contributed by atoms with E-state index in [-0.39, 0.29) is 5.75 Å². The summed E-state index contributed by atoms with van der Waals surface area (Å²) in [5, 5.41) is 9.42. The third kappa shape index (κ3) is 4.44. The van der Waals surface area contributed by atoms with E-state index in [4.69, 9.17) is 4.74 Å². The second kappa shape index (κ2) is 8.25. The van der Waals surface area contributed by atoms with Crippen molar-refractivity contribution in [3.8, 4) is 28.8 Å². The van der Waals surface area contributed by atoms with Crippen molar-refractivity contribution in [3.63, 3.8) is 0 Å². The summed E-state index contributed by atoms with van der Waals surface area (Å²) in [7, 11) is -3.13. The van der Waals surface area contributed by atoms with E-state index in [1.54, 1.807) is 30.3 Å². The number of nitriles is 1. The third-order valence-electron chi connectivity index (χ3n) is 4.85. The van der Waals surface area contributed by atoms with Crippen molar-refractivity contribution in [2.75, 3.05) is 6.26 Å². The second-order valence-electron chi connectivity index (χ2n) is 7.34. The van der Waals surface area contributed by atoms with E-state index in [1.165, 1.54) is 6.26 Å². The summed E-state index contributed by atoms with van der Waals surface area (Å²) in [4.78, 5) is 4.68. The maximum Gasteiger partial charge on any atom is 0.155 e. The first-order valence-corrected chi connectivity index (χ1v) is 11.9. The Hall–Kier alpha value is -3.63. The fourth-order valence-electron chi connectivity index (χ4n) is 3.60. The van der Waals surface area contributed by atoms with Crippen LogP contribution < -0.4 is 4.74 Å². The Morgan fingerprint density at radius 1 is 1.06 bits per heavy atom. The number of pyridine rings is 1. The first-order valence-electron chi connectivity index (χ1n) is 9.83. The standard InChI is InChI=1S/C24H21N3O3S/c1-3-22-23(27-12-6-9-19(15-25)24(27)26-22)18-8-5-11-21(14-18)30-20-10-4-7-17(13-20)16-31(2,28)29/h4-14H,3,16H2,1-2H3. The number of benzene rings is 2. The van der Waals surface area contributed by atoms with Crippen LogP contribution in [0.2, 0.25) is 0 Å². The van der Waals surface area contributed by atoms with E-state index in [0.717, 1.165) is 23.4 Å². The molecule has 6 nitrogen and oxygen atoms in total. The molecule has 2 heterocycles. The molecule has 0 aliphatic rings. The maximum atomic E-state index is 11.6. The molecular formula is C24H21N3O3S. The predicted octanol–water partition coefficient (Wildman–Crippen LogP) is 4.77. The van der Waals surface area contributed by atoms with Gasteiger partial charge in [-0.05, 0) is 48.4 Å². The molecule has 31 heavy (non-hydrogen) atoms. The van der Waals surface area contributed by atoms with Gasteiger partial charge in [0.1, 0.15) is 17.6 Å². The molecule has 156 valence electrons. The number of fused-ring (bicyclic) bond motifs is 1. The highest BCUT2D eigenvalue weighted by molar-refractivity contribution is 7.89. The zero-order valence-corrected chi connectivity index (χ0v) is 18.1. The average molecular weight is 432 g/mol. The Morgan fingerprint density at radius 2 is 1.81 bits per heavy atom. The van der Waals surface area contributed by atoms with Gasteiger partial charge in [-0.1, -0.05) is 31.2 Å². The molecule has 0 aliphatic carbocycles. The molecule has 0 unspecified atom stereocenters. The van der Waals surface area contributed by atoms with Gasteiger partial charge in [-0.3, -0.25) is 4.40 Å². The van der Waals surface area contributed by atoms with E-state index in [2.05, 4.69) is 11.1 Å². The van der Waals surface area contributed by atoms with Crippen molar-refractivity contribution in [3.05, 3.63) is 83.7 Å². The van der Waals surface area contributed by atoms with Crippen molar-refractivity contribution in [2.45, 2.75) is 19.1 Å². The molecule has 0 aliphatic heterocycles. The zero-order valence-electron chi connectivity index (χ0n) is 17.2. The van der Waals surface area contributed by atoms with Gasteiger partial charge in [0.15, 0.2) is 15.5 Å². The minimum atomic E-state index is -3.13. The molecule has 7 heteroatoms. The molecule has 0 atom stereocenters. The summed E-state index contributed by atoms with van der Waals surface area (Å²) in [6.07, 6.45) is 3.84. The number of hydrogen-bond donors (Lipinski definition) is 0. The second-order valence-corrected chi connectivity index (χ2v) is 9.48. The van der Waals surface area contributed by atoms with Crippen LogP contribution in [0.15, 0.2) is 66.9 Å². The molecule has 0 saturated carbocycles. The molecule has 2 aromatic heterocycles. The maximum absolute atomic E-state index is 11.6. The Labute approximate surface area is 181 Å². The minimum Gasteiger partial charge on any atom is -0.457 e. The number of aromatic nitrogens is 2. The van der Waals surface area contributed by atoms with Crippen molar-refractivity contribution in [1.82, 2.24) is 9.38 Å². The van der Waals surface area contributed by atoms with Crippen LogP contribution in [-0.2, 0) is 22.0 Å². The predicted molar refractivity (Wildman–Crippen MR) is 120 cm³/mol. The Morgan fingerprint density at radius 3 is 2.52 bits per heavy atom. The summed E-state index contributed by atoms with van der Waals surface area (Å²) in [6.45, 7) is 2.03. The molecule has 0 spiro atoms. The highest BCUT2D eigenvalue weighted by Crippen LogP contribution is 2.31. The largest absolute Gasteiger partial charge is 0.457 e. The molecule has 0 N–H and O–H groups in total. The van der Waals surface area contributed by atoms with Gasteiger partial charge in [0.25, 0.3) is 0 Å². The van der Waals surface area contributed by atoms with Gasteiger partial charge < -0.3 is 4.74 Å². The van der Waals surface area contributed by atoms with Crippen LogP contribution in [0.5, 0.6) is 11.5 Å². The Bertz CT molecular complexity index is 1420. The zero-order chi connectivity index (χ0) is 22.0. The minimum absolute atomic E-state index is 0.0346. The van der Waals surface area contributed by atoms with Crippen LogP contribution in [0.25, 0.3) is 16.9 Å². The topological polar surface area (TPSA) is 84.5 Å². The molecule has 0 saturated heterocycles. The fourth-order valence-corrected chi connectivity index (χ4v) is 4.38. The molecule has 4 aromatic rings. The molecule has 4 rings (SSSR count). The number of imidazole rings is 1. The summed E-state index contributed by atoms with van der Waals surface area (Å²) in [6, 6.07) is 20.5. The van der Waals surface area contributed by atoms with Crippen LogP contribution in [-0.4, -0.2) is 24.1 Å². The SMILES string of the molecule is CCc1nc2c(C#N)cccn2c1-c1cccc(Oc2cccc(CS(C)(=O)=O)c2)c1. The highest BCUT2D eigenvalue weighted by atomic mass is 32.2. The molecular weight excluding hydrogens is 410 g/mol. The number of rotatable bonds is 6. The summed E-state index contributed by atoms with van der Waals surface area (Å²) in [5.41, 5.74) is 4.58. The van der Waals surface area contributed by atoms with Crippen LogP contribution in [0, 0.1) is 11.3 Å². The first kappa shape index (κ1) is 20.6. The van der Waals surface area contributed by atoms with Gasteiger partial charge in [0.05, 0.1) is 22.7 Å². The van der Waals surface area contributed by atoms with Crippen molar-refractivity contribution in [1.29, 1.82) is 5.26 Å². The van der Waals surface area contributed by atoms with E-state index >= 15 is 0 Å². The number of sulfone groups is 1. The van der Waals surface area contributed by atoms with Crippen LogP contribution in [0.3, 0.4) is 0 Å². The summed E-state index contributed by atoms with van der Waals surface area (Å²) >= 11 is 0. The van der Waals surface area contributed by atoms with Crippen molar-refractivity contribution < 1.29 is 13.2 Å². The van der Waals surface area contributed by atoms with Crippen LogP contribution >= 0.6 is 0 Å². The van der Waals surface area contributed by atoms with E-state index in [1.807, 2.05) is 47.9 Å². The number of nitrogens with zero attached hydrogens (tertiary/aromatic N) is 3. The third-order valence-corrected chi connectivity index (χ3v) is 5.71. The lowest BCUT2D eigenvalue weighted by Crippen LogP contribution is -2.00. The Kier molecular flexibility index (Phi) is 5.49. The molecule has 0 bridgehead atoms. The highest BCUT2D eigenvalue weighted by Gasteiger charge is 2.16. The lowest BCUT2D eigenvalue weighted by Gasteiger charge is -2.10. The fraction of sp³-hybridized carbons (Fsp3) is 0.167. The average Bonchev–Trinajstić information content (AvgIpc) is 3.12. The van der Waals surface area contributed by atoms with Crippen LogP contribution in [0.4, 0.5) is 0 Å². The van der Waals surface area contributed by atoms with Crippen molar-refractivity contribution in [2.24, 2.45) is 0 Å². The van der Waals surface area contributed by atoms with Crippen LogP contribution in [0.1, 0.15) is 23.7 Å². The quantitative estimate of drug-likeness (QED) is 0.439. The number of aryl methyl sites for hydroxylation is 1. The van der Waals surface area contributed by atoms with E-state index < -0.39 is 9.84 Å². The first-order chi connectivity index (χ1) is 14.9. The van der Waals surface area contributed by atoms with Gasteiger partial charge in [-0.2, -0.15) is 5.26 Å². The van der Waals surface area contributed by atoms with Gasteiger partial charge in [-0.25, -0.2) is 13.4 Å². The van der Waals surface area contributed by atoms with E-state index in [0.29, 0.717) is 28.3 Å². The van der Waals surface area contributed by atoms with Gasteiger partial charge in [0, 0.05) is 18.0 Å². The van der Waals surface area contributed by atoms with Gasteiger partial charge in [0.2, 0.25) is 0 Å². The number of ether oxygens (including phenoxy) is 1. The molecule has 0 fully saturated rings. The number of hydrogen-bond acceptors (Lipinski definition) is 5. The molecule has 0 radical (unpaired) electrons. The van der Waals surface area contributed by atoms with E-state index in [9.17, 15) is 13.7 Å². The molecule has 2 aromatic carbocycles. The smallest absolute Gasteiger partial charge is 0.155 e. The van der Waals surface area contributed by atoms with Gasteiger partial charge >= 0.3 is 0 Å². The molecule has 0 amide bonds. The summed E-state index contributed by atoms with van der Waals surface area (Å²) < 4.78 is 31.1. The van der Waals surface area contributed by atoms with Gasteiger partial charge in [-0.15, -0.1) is 0 Å². The lowest BCUT2D eigenvalue weighted by atomic mass is 10.1. The summed E-state index contributed by atoms with van der Waals surface area (Å²) in [5.74, 6) is 1.16. The Balaban J connectivity index is 1.72. The normalized spacial score (nSPS) is 11.4. The lowest BCUT2D eigenvalue weighted by molar-refractivity contribution is 0.482. The van der Waals surface area contributed by atoms with Crippen molar-refractivity contribution >= 4 is 15.5 Å². The monoisotopic (exact) mass is 431 g/mol.